The molecule has 1 saturated heterocycles. The molecule has 0 aliphatic carbocycles. The van der Waals surface area contributed by atoms with Gasteiger partial charge in [-0.25, -0.2) is 0 Å². The van der Waals surface area contributed by atoms with E-state index in [1.807, 2.05) is 4.90 Å². The third-order valence-electron chi connectivity index (χ3n) is 3.04. The Bertz CT molecular complexity index is 234. The molecule has 2 nitrogen and oxygen atoms in total. The van der Waals surface area contributed by atoms with E-state index < -0.39 is 0 Å². The maximum atomic E-state index is 11.6. The second-order valence-electron chi connectivity index (χ2n) is 4.89. The molecule has 1 atom stereocenters. The summed E-state index contributed by atoms with van der Waals surface area (Å²) in [6, 6.07) is 0. The van der Waals surface area contributed by atoms with Crippen LogP contribution in [0.5, 0.6) is 0 Å². The topological polar surface area (TPSA) is 20.3 Å². The summed E-state index contributed by atoms with van der Waals surface area (Å²) in [6.45, 7) is 11.1. The zero-order chi connectivity index (χ0) is 10.8. The van der Waals surface area contributed by atoms with E-state index in [2.05, 4.69) is 27.4 Å². The van der Waals surface area contributed by atoms with Gasteiger partial charge < -0.3 is 4.90 Å². The van der Waals surface area contributed by atoms with E-state index in [1.54, 1.807) is 0 Å². The maximum absolute atomic E-state index is 11.6. The number of rotatable bonds is 3. The normalized spacial score (nSPS) is 27.0. The van der Waals surface area contributed by atoms with Crippen LogP contribution in [0.15, 0.2) is 12.7 Å². The summed E-state index contributed by atoms with van der Waals surface area (Å²) in [4.78, 5) is 13.6. The lowest BCUT2D eigenvalue weighted by atomic mass is 9.88. The summed E-state index contributed by atoms with van der Waals surface area (Å²) in [7, 11) is 0. The van der Waals surface area contributed by atoms with Crippen molar-refractivity contribution in [2.45, 2.75) is 45.6 Å². The van der Waals surface area contributed by atoms with Gasteiger partial charge in [-0.3, -0.25) is 4.79 Å². The first kappa shape index (κ1) is 11.3. The quantitative estimate of drug-likeness (QED) is 0.634. The van der Waals surface area contributed by atoms with Crippen molar-refractivity contribution >= 4 is 5.91 Å². The van der Waals surface area contributed by atoms with Gasteiger partial charge >= 0.3 is 0 Å². The second-order valence-corrected chi connectivity index (χ2v) is 4.89. The van der Waals surface area contributed by atoms with E-state index >= 15 is 0 Å². The lowest BCUT2D eigenvalue weighted by molar-refractivity contribution is -0.129. The minimum atomic E-state index is 0.0689. The smallest absolute Gasteiger partial charge is 0.246 e. The molecule has 1 amide bonds. The molecule has 80 valence electrons. The molecule has 1 fully saturated rings. The Balaban J connectivity index is 2.75. The van der Waals surface area contributed by atoms with Crippen LogP contribution in [0, 0.1) is 5.92 Å². The number of carbonyl (C=O) groups excluding carboxylic acids is 1. The number of hydrogen-bond donors (Lipinski definition) is 0. The third kappa shape index (κ3) is 2.17. The Labute approximate surface area is 87.0 Å². The largest absolute Gasteiger partial charge is 0.334 e. The molecular weight excluding hydrogens is 174 g/mol. The average Bonchev–Trinajstić information content (AvgIpc) is 2.44. The van der Waals surface area contributed by atoms with E-state index in [-0.39, 0.29) is 11.4 Å². The van der Waals surface area contributed by atoms with Crippen LogP contribution >= 0.6 is 0 Å². The zero-order valence-electron chi connectivity index (χ0n) is 9.55. The van der Waals surface area contributed by atoms with Crippen LogP contribution < -0.4 is 0 Å². The highest BCUT2D eigenvalue weighted by Gasteiger charge is 2.38. The minimum Gasteiger partial charge on any atom is -0.334 e. The summed E-state index contributed by atoms with van der Waals surface area (Å²) in [6.07, 6.45) is 4.78. The van der Waals surface area contributed by atoms with E-state index in [9.17, 15) is 4.79 Å². The minimum absolute atomic E-state index is 0.0689. The van der Waals surface area contributed by atoms with E-state index in [1.165, 1.54) is 6.08 Å². The molecule has 0 radical (unpaired) electrons. The fourth-order valence-corrected chi connectivity index (χ4v) is 2.60. The van der Waals surface area contributed by atoms with Gasteiger partial charge in [0.05, 0.1) is 0 Å². The zero-order valence-corrected chi connectivity index (χ0v) is 9.55. The number of carbonyl (C=O) groups is 1. The fraction of sp³-hybridized carbons (Fsp3) is 0.750. The number of nitrogens with zero attached hydrogens (tertiary/aromatic N) is 1. The van der Waals surface area contributed by atoms with Crippen molar-refractivity contribution in [3.63, 3.8) is 0 Å². The van der Waals surface area contributed by atoms with Crippen molar-refractivity contribution in [2.75, 3.05) is 6.54 Å². The molecule has 1 aliphatic heterocycles. The molecule has 1 rings (SSSR count). The molecule has 1 aliphatic rings. The van der Waals surface area contributed by atoms with Crippen LogP contribution in [-0.2, 0) is 4.79 Å². The first-order valence-electron chi connectivity index (χ1n) is 5.43. The molecule has 2 heteroatoms. The van der Waals surface area contributed by atoms with Gasteiger partial charge in [0.15, 0.2) is 0 Å². The van der Waals surface area contributed by atoms with Gasteiger partial charge in [-0.15, -0.1) is 0 Å². The molecule has 0 aromatic heterocycles. The Morgan fingerprint density at radius 1 is 1.64 bits per heavy atom. The predicted molar refractivity (Wildman–Crippen MR) is 59.0 cm³/mol. The monoisotopic (exact) mass is 195 g/mol. The van der Waals surface area contributed by atoms with Gasteiger partial charge in [0.25, 0.3) is 0 Å². The standard InChI is InChI=1S/C12H21NO/c1-5-11(14)13-8-6-7-12(13,4)9-10(2)3/h5,10H,1,6-9H2,2-4H3. The average molecular weight is 195 g/mol. The van der Waals surface area contributed by atoms with Gasteiger partial charge in [0, 0.05) is 12.1 Å². The Kier molecular flexibility index (Phi) is 3.35. The molecule has 0 saturated carbocycles. The highest BCUT2D eigenvalue weighted by Crippen LogP contribution is 2.34. The Morgan fingerprint density at radius 3 is 2.79 bits per heavy atom. The molecule has 0 bridgehead atoms. The van der Waals surface area contributed by atoms with Crippen molar-refractivity contribution < 1.29 is 4.79 Å². The van der Waals surface area contributed by atoms with Crippen molar-refractivity contribution in [3.05, 3.63) is 12.7 Å². The van der Waals surface area contributed by atoms with Gasteiger partial charge in [-0.05, 0) is 38.2 Å². The van der Waals surface area contributed by atoms with Gasteiger partial charge in [-0.1, -0.05) is 20.4 Å². The first-order chi connectivity index (χ1) is 6.49. The number of hydrogen-bond acceptors (Lipinski definition) is 1. The van der Waals surface area contributed by atoms with Crippen LogP contribution in [0.25, 0.3) is 0 Å². The molecule has 0 spiro atoms. The molecule has 14 heavy (non-hydrogen) atoms. The van der Waals surface area contributed by atoms with Crippen molar-refractivity contribution in [3.8, 4) is 0 Å². The lowest BCUT2D eigenvalue weighted by Crippen LogP contribution is -2.45. The summed E-state index contributed by atoms with van der Waals surface area (Å²) in [5.41, 5.74) is 0.0689. The lowest BCUT2D eigenvalue weighted by Gasteiger charge is -2.36. The fourth-order valence-electron chi connectivity index (χ4n) is 2.60. The van der Waals surface area contributed by atoms with E-state index in [0.717, 1.165) is 25.8 Å². The predicted octanol–water partition coefficient (Wildman–Crippen LogP) is 2.60. The second kappa shape index (κ2) is 4.16. The molecule has 1 heterocycles. The molecule has 1 unspecified atom stereocenters. The number of amides is 1. The highest BCUT2D eigenvalue weighted by atomic mass is 16.2. The van der Waals surface area contributed by atoms with Gasteiger partial charge in [-0.2, -0.15) is 0 Å². The van der Waals surface area contributed by atoms with Crippen molar-refractivity contribution in [1.82, 2.24) is 4.90 Å². The van der Waals surface area contributed by atoms with Crippen LogP contribution in [0.3, 0.4) is 0 Å². The highest BCUT2D eigenvalue weighted by molar-refractivity contribution is 5.87. The van der Waals surface area contributed by atoms with Crippen molar-refractivity contribution in [2.24, 2.45) is 5.92 Å². The van der Waals surface area contributed by atoms with Crippen LogP contribution in [-0.4, -0.2) is 22.9 Å². The van der Waals surface area contributed by atoms with Gasteiger partial charge in [0.1, 0.15) is 0 Å². The van der Waals surface area contributed by atoms with Crippen LogP contribution in [0.2, 0.25) is 0 Å². The van der Waals surface area contributed by atoms with Crippen LogP contribution in [0.1, 0.15) is 40.0 Å². The number of likely N-dealkylation sites (tertiary alicyclic amines) is 1. The Hall–Kier alpha value is -0.790. The summed E-state index contributed by atoms with van der Waals surface area (Å²) >= 11 is 0. The SMILES string of the molecule is C=CC(=O)N1CCCC1(C)CC(C)C. The molecular formula is C12H21NO. The summed E-state index contributed by atoms with van der Waals surface area (Å²) in [5.74, 6) is 0.726. The molecule has 0 aromatic rings. The van der Waals surface area contributed by atoms with E-state index in [0.29, 0.717) is 5.92 Å². The maximum Gasteiger partial charge on any atom is 0.246 e. The van der Waals surface area contributed by atoms with Crippen molar-refractivity contribution in [1.29, 1.82) is 0 Å². The van der Waals surface area contributed by atoms with Crippen LogP contribution in [0.4, 0.5) is 0 Å². The van der Waals surface area contributed by atoms with E-state index in [4.69, 9.17) is 0 Å². The molecule has 0 aromatic carbocycles. The third-order valence-corrected chi connectivity index (χ3v) is 3.04. The van der Waals surface area contributed by atoms with Gasteiger partial charge in [0.2, 0.25) is 5.91 Å². The summed E-state index contributed by atoms with van der Waals surface area (Å²) < 4.78 is 0. The molecule has 0 N–H and O–H groups in total. The first-order valence-corrected chi connectivity index (χ1v) is 5.43. The summed E-state index contributed by atoms with van der Waals surface area (Å²) in [5, 5.41) is 0. The Morgan fingerprint density at radius 2 is 2.29 bits per heavy atom.